The molecule has 0 fully saturated rings. The van der Waals surface area contributed by atoms with Crippen LogP contribution in [0.2, 0.25) is 0 Å². The van der Waals surface area contributed by atoms with Crippen LogP contribution < -0.4 is 15.2 Å². The van der Waals surface area contributed by atoms with Gasteiger partial charge in [-0.1, -0.05) is 49.2 Å². The average Bonchev–Trinajstić information content (AvgIpc) is 2.75. The number of hydrogen-bond acceptors (Lipinski definition) is 4. The fourth-order valence-corrected chi connectivity index (χ4v) is 3.14. The van der Waals surface area contributed by atoms with Crippen molar-refractivity contribution in [3.8, 4) is 11.5 Å². The third kappa shape index (κ3) is 7.65. The molecule has 0 bridgehead atoms. The minimum atomic E-state index is 0.770. The van der Waals surface area contributed by atoms with E-state index in [0.29, 0.717) is 0 Å². The minimum absolute atomic E-state index is 0.770. The van der Waals surface area contributed by atoms with Gasteiger partial charge in [-0.05, 0) is 61.3 Å². The third-order valence-corrected chi connectivity index (χ3v) is 4.81. The molecule has 2 aromatic rings. The average molecular weight is 383 g/mol. The van der Waals surface area contributed by atoms with Crippen molar-refractivity contribution in [2.75, 3.05) is 33.9 Å². The minimum Gasteiger partial charge on any atom is -0.493 e. The van der Waals surface area contributed by atoms with Crippen molar-refractivity contribution < 1.29 is 9.47 Å². The van der Waals surface area contributed by atoms with Crippen LogP contribution in [0, 0.1) is 0 Å². The molecule has 0 spiro atoms. The zero-order valence-corrected chi connectivity index (χ0v) is 17.3. The van der Waals surface area contributed by atoms with Gasteiger partial charge in [0.25, 0.3) is 0 Å². The molecule has 4 nitrogen and oxygen atoms in total. The Bertz CT molecular complexity index is 701. The largest absolute Gasteiger partial charge is 0.493 e. The summed E-state index contributed by atoms with van der Waals surface area (Å²) in [5, 5.41) is 0. The Hall–Kier alpha value is -2.46. The second kappa shape index (κ2) is 12.8. The second-order valence-electron chi connectivity index (χ2n) is 6.90. The Morgan fingerprint density at radius 1 is 0.857 bits per heavy atom. The molecule has 0 saturated carbocycles. The molecule has 0 aliphatic heterocycles. The first kappa shape index (κ1) is 21.8. The zero-order valence-electron chi connectivity index (χ0n) is 17.3. The van der Waals surface area contributed by atoms with E-state index in [1.54, 1.807) is 14.2 Å². The lowest BCUT2D eigenvalue weighted by molar-refractivity contribution is 0.352. The molecular formula is C24H34N2O2. The fraction of sp³-hybridized carbons (Fsp3) is 0.417. The molecule has 0 amide bonds. The van der Waals surface area contributed by atoms with Crippen LogP contribution in [0.4, 0.5) is 0 Å². The molecule has 0 aliphatic rings. The van der Waals surface area contributed by atoms with Gasteiger partial charge in [-0.3, -0.25) is 0 Å². The number of ether oxygens (including phenoxy) is 2. The van der Waals surface area contributed by atoms with Gasteiger partial charge in [0.1, 0.15) is 0 Å². The summed E-state index contributed by atoms with van der Waals surface area (Å²) < 4.78 is 10.8. The highest BCUT2D eigenvalue weighted by atomic mass is 16.5. The molecule has 4 heteroatoms. The van der Waals surface area contributed by atoms with Crippen molar-refractivity contribution in [1.82, 2.24) is 4.90 Å². The molecule has 2 N–H and O–H groups in total. The van der Waals surface area contributed by atoms with Gasteiger partial charge in [0.05, 0.1) is 14.2 Å². The molecule has 2 rings (SSSR count). The van der Waals surface area contributed by atoms with Gasteiger partial charge < -0.3 is 20.1 Å². The van der Waals surface area contributed by atoms with Crippen LogP contribution in [0.15, 0.2) is 54.7 Å². The molecule has 0 radical (unpaired) electrons. The van der Waals surface area contributed by atoms with Crippen molar-refractivity contribution >= 4 is 6.08 Å². The normalized spacial score (nSPS) is 11.0. The number of benzene rings is 2. The van der Waals surface area contributed by atoms with Crippen molar-refractivity contribution in [2.24, 2.45) is 5.73 Å². The summed E-state index contributed by atoms with van der Waals surface area (Å²) in [7, 11) is 3.34. The Balaban J connectivity index is 1.96. The van der Waals surface area contributed by atoms with Crippen molar-refractivity contribution in [3.05, 3.63) is 65.9 Å². The Kier molecular flexibility index (Phi) is 10.0. The topological polar surface area (TPSA) is 47.7 Å². The zero-order chi connectivity index (χ0) is 20.0. The first-order valence-electron chi connectivity index (χ1n) is 10.1. The smallest absolute Gasteiger partial charge is 0.160 e. The number of rotatable bonds is 13. The number of nitrogens with two attached hydrogens (primary N) is 1. The van der Waals surface area contributed by atoms with Crippen LogP contribution >= 0.6 is 0 Å². The molecule has 0 heterocycles. The van der Waals surface area contributed by atoms with E-state index >= 15 is 0 Å². The van der Waals surface area contributed by atoms with Crippen molar-refractivity contribution in [1.29, 1.82) is 0 Å². The quantitative estimate of drug-likeness (QED) is 0.508. The Morgan fingerprint density at radius 2 is 1.61 bits per heavy atom. The van der Waals surface area contributed by atoms with Gasteiger partial charge in [0.15, 0.2) is 11.5 Å². The van der Waals surface area contributed by atoms with Crippen LogP contribution in [0.1, 0.15) is 36.8 Å². The lowest BCUT2D eigenvalue weighted by Crippen LogP contribution is -2.21. The maximum absolute atomic E-state index is 5.60. The maximum Gasteiger partial charge on any atom is 0.160 e. The van der Waals surface area contributed by atoms with Crippen LogP contribution in [0.25, 0.3) is 6.08 Å². The predicted molar refractivity (Wildman–Crippen MR) is 118 cm³/mol. The van der Waals surface area contributed by atoms with E-state index in [1.807, 2.05) is 12.1 Å². The van der Waals surface area contributed by atoms with Crippen LogP contribution in [0.5, 0.6) is 11.5 Å². The molecule has 0 saturated heterocycles. The molecule has 28 heavy (non-hydrogen) atoms. The molecule has 0 atom stereocenters. The van der Waals surface area contributed by atoms with E-state index in [1.165, 1.54) is 30.4 Å². The van der Waals surface area contributed by atoms with Crippen molar-refractivity contribution in [3.63, 3.8) is 0 Å². The van der Waals surface area contributed by atoms with Gasteiger partial charge in [0, 0.05) is 13.1 Å². The maximum atomic E-state index is 5.60. The van der Waals surface area contributed by atoms with Crippen LogP contribution in [0.3, 0.4) is 0 Å². The van der Waals surface area contributed by atoms with E-state index in [-0.39, 0.29) is 0 Å². The molecule has 0 aromatic heterocycles. The van der Waals surface area contributed by atoms with Crippen molar-refractivity contribution in [2.45, 2.75) is 32.1 Å². The van der Waals surface area contributed by atoms with E-state index < -0.39 is 0 Å². The highest BCUT2D eigenvalue weighted by molar-refractivity contribution is 5.48. The van der Waals surface area contributed by atoms with E-state index in [4.69, 9.17) is 15.2 Å². The SMILES string of the molecule is COc1ccc(CCN(C=Cc2ccccc2)CCCCCCN)cc1OC. The highest BCUT2D eigenvalue weighted by Gasteiger charge is 2.06. The highest BCUT2D eigenvalue weighted by Crippen LogP contribution is 2.27. The fourth-order valence-electron chi connectivity index (χ4n) is 3.14. The number of methoxy groups -OCH3 is 2. The summed E-state index contributed by atoms with van der Waals surface area (Å²) in [4.78, 5) is 2.41. The van der Waals surface area contributed by atoms with E-state index in [2.05, 4.69) is 53.6 Å². The predicted octanol–water partition coefficient (Wildman–Crippen LogP) is 4.74. The summed E-state index contributed by atoms with van der Waals surface area (Å²) in [5.74, 6) is 1.56. The van der Waals surface area contributed by atoms with Gasteiger partial charge in [-0.2, -0.15) is 0 Å². The molecule has 0 unspecified atom stereocenters. The molecule has 2 aromatic carbocycles. The summed E-state index contributed by atoms with van der Waals surface area (Å²) >= 11 is 0. The van der Waals surface area contributed by atoms with Gasteiger partial charge in [-0.25, -0.2) is 0 Å². The van der Waals surface area contributed by atoms with Gasteiger partial charge >= 0.3 is 0 Å². The molecule has 0 aliphatic carbocycles. The van der Waals surface area contributed by atoms with Crippen LogP contribution in [-0.4, -0.2) is 38.8 Å². The summed E-state index contributed by atoms with van der Waals surface area (Å²) in [6.45, 7) is 2.81. The summed E-state index contributed by atoms with van der Waals surface area (Å²) in [5.41, 5.74) is 8.07. The lowest BCUT2D eigenvalue weighted by atomic mass is 10.1. The monoisotopic (exact) mass is 382 g/mol. The number of unbranched alkanes of at least 4 members (excludes halogenated alkanes) is 3. The number of hydrogen-bond donors (Lipinski definition) is 1. The summed E-state index contributed by atoms with van der Waals surface area (Å²) in [6.07, 6.45) is 10.1. The Morgan fingerprint density at radius 3 is 2.32 bits per heavy atom. The first-order valence-corrected chi connectivity index (χ1v) is 10.1. The molecular weight excluding hydrogens is 348 g/mol. The van der Waals surface area contributed by atoms with E-state index in [9.17, 15) is 0 Å². The second-order valence-corrected chi connectivity index (χ2v) is 6.90. The standard InChI is InChI=1S/C24H34N2O2/c1-27-23-13-12-22(20-24(23)28-2)15-19-26(17-9-4-3-8-16-25)18-14-21-10-6-5-7-11-21/h5-7,10-14,18,20H,3-4,8-9,15-17,19,25H2,1-2H3. The number of nitrogens with zero attached hydrogens (tertiary/aromatic N) is 1. The Labute approximate surface area is 170 Å². The van der Waals surface area contributed by atoms with Crippen LogP contribution in [-0.2, 0) is 6.42 Å². The summed E-state index contributed by atoms with van der Waals surface area (Å²) in [6, 6.07) is 16.6. The van der Waals surface area contributed by atoms with E-state index in [0.717, 1.165) is 44.0 Å². The third-order valence-electron chi connectivity index (χ3n) is 4.81. The molecule has 152 valence electrons. The first-order chi connectivity index (χ1) is 13.8. The van der Waals surface area contributed by atoms with Gasteiger partial charge in [0.2, 0.25) is 0 Å². The lowest BCUT2D eigenvalue weighted by Gasteiger charge is -2.21. The van der Waals surface area contributed by atoms with Gasteiger partial charge in [-0.15, -0.1) is 0 Å².